The Kier molecular flexibility index (Phi) is 4.66. The van der Waals surface area contributed by atoms with Crippen LogP contribution in [0.25, 0.3) is 0 Å². The SMILES string of the molecule is CC(C)CO/C1=C/C/C=C\CCC1. The highest BCUT2D eigenvalue weighted by Gasteiger charge is 2.01. The Hall–Kier alpha value is -0.720. The maximum atomic E-state index is 5.71. The van der Waals surface area contributed by atoms with Crippen molar-refractivity contribution in [2.24, 2.45) is 5.92 Å². The van der Waals surface area contributed by atoms with Crippen LogP contribution in [0.3, 0.4) is 0 Å². The Balaban J connectivity index is 2.33. The van der Waals surface area contributed by atoms with Crippen LogP contribution >= 0.6 is 0 Å². The van der Waals surface area contributed by atoms with E-state index in [-0.39, 0.29) is 0 Å². The quantitative estimate of drug-likeness (QED) is 0.602. The Labute approximate surface area is 81.5 Å². The van der Waals surface area contributed by atoms with Gasteiger partial charge in [-0.1, -0.05) is 26.0 Å². The molecule has 0 atom stereocenters. The van der Waals surface area contributed by atoms with E-state index < -0.39 is 0 Å². The molecule has 0 radical (unpaired) electrons. The van der Waals surface area contributed by atoms with Gasteiger partial charge in [-0.2, -0.15) is 0 Å². The fourth-order valence-electron chi connectivity index (χ4n) is 1.31. The largest absolute Gasteiger partial charge is 0.498 e. The molecule has 0 saturated carbocycles. The molecular weight excluding hydrogens is 160 g/mol. The highest BCUT2D eigenvalue weighted by molar-refractivity contribution is 5.01. The molecule has 1 aliphatic carbocycles. The summed E-state index contributed by atoms with van der Waals surface area (Å²) in [5.74, 6) is 1.82. The average molecular weight is 180 g/mol. The third-order valence-electron chi connectivity index (χ3n) is 2.04. The Morgan fingerprint density at radius 2 is 2.23 bits per heavy atom. The summed E-state index contributed by atoms with van der Waals surface area (Å²) in [6.07, 6.45) is 11.2. The van der Waals surface area contributed by atoms with Crippen molar-refractivity contribution < 1.29 is 4.74 Å². The van der Waals surface area contributed by atoms with E-state index in [1.54, 1.807) is 0 Å². The van der Waals surface area contributed by atoms with Crippen LogP contribution in [0.5, 0.6) is 0 Å². The monoisotopic (exact) mass is 180 g/mol. The van der Waals surface area contributed by atoms with Gasteiger partial charge in [-0.05, 0) is 31.3 Å². The number of hydrogen-bond acceptors (Lipinski definition) is 1. The average Bonchev–Trinajstić information content (AvgIpc) is 2.01. The third kappa shape index (κ3) is 4.76. The van der Waals surface area contributed by atoms with Gasteiger partial charge in [0.05, 0.1) is 12.4 Å². The molecule has 0 aromatic carbocycles. The maximum absolute atomic E-state index is 5.71. The molecule has 1 heteroatoms. The van der Waals surface area contributed by atoms with Gasteiger partial charge in [-0.15, -0.1) is 0 Å². The van der Waals surface area contributed by atoms with Gasteiger partial charge in [0.15, 0.2) is 0 Å². The molecule has 1 nitrogen and oxygen atoms in total. The Morgan fingerprint density at radius 3 is 3.00 bits per heavy atom. The highest BCUT2D eigenvalue weighted by Crippen LogP contribution is 2.14. The molecule has 0 aromatic heterocycles. The van der Waals surface area contributed by atoms with Crippen LogP contribution in [0.1, 0.15) is 39.5 Å². The third-order valence-corrected chi connectivity index (χ3v) is 2.04. The zero-order valence-corrected chi connectivity index (χ0v) is 8.75. The predicted molar refractivity (Wildman–Crippen MR) is 56.5 cm³/mol. The van der Waals surface area contributed by atoms with Gasteiger partial charge in [0.1, 0.15) is 0 Å². The lowest BCUT2D eigenvalue weighted by atomic mass is 10.1. The van der Waals surface area contributed by atoms with Crippen molar-refractivity contribution in [1.29, 1.82) is 0 Å². The number of hydrogen-bond donors (Lipinski definition) is 0. The van der Waals surface area contributed by atoms with Crippen LogP contribution in [0, 0.1) is 5.92 Å². The van der Waals surface area contributed by atoms with Gasteiger partial charge >= 0.3 is 0 Å². The molecule has 0 aliphatic heterocycles. The smallest absolute Gasteiger partial charge is 0.0923 e. The van der Waals surface area contributed by atoms with Crippen LogP contribution in [0.2, 0.25) is 0 Å². The molecule has 13 heavy (non-hydrogen) atoms. The van der Waals surface area contributed by atoms with Crippen molar-refractivity contribution in [3.05, 3.63) is 24.0 Å². The van der Waals surface area contributed by atoms with E-state index >= 15 is 0 Å². The van der Waals surface area contributed by atoms with E-state index in [2.05, 4.69) is 32.1 Å². The number of allylic oxidation sites excluding steroid dienone is 4. The van der Waals surface area contributed by atoms with Crippen LogP contribution in [-0.2, 0) is 4.74 Å². The zero-order chi connectivity index (χ0) is 9.52. The van der Waals surface area contributed by atoms with Crippen molar-refractivity contribution in [2.75, 3.05) is 6.61 Å². The molecule has 1 aliphatic rings. The summed E-state index contributed by atoms with van der Waals surface area (Å²) in [6.45, 7) is 5.22. The topological polar surface area (TPSA) is 9.23 Å². The molecule has 0 N–H and O–H groups in total. The number of ether oxygens (including phenoxy) is 1. The van der Waals surface area contributed by atoms with Gasteiger partial charge in [-0.3, -0.25) is 0 Å². The van der Waals surface area contributed by atoms with Crippen molar-refractivity contribution in [1.82, 2.24) is 0 Å². The second kappa shape index (κ2) is 5.85. The molecule has 0 fully saturated rings. The van der Waals surface area contributed by atoms with Crippen molar-refractivity contribution in [3.8, 4) is 0 Å². The van der Waals surface area contributed by atoms with Crippen LogP contribution < -0.4 is 0 Å². The van der Waals surface area contributed by atoms with Gasteiger partial charge in [0.25, 0.3) is 0 Å². The first-order chi connectivity index (χ1) is 6.29. The van der Waals surface area contributed by atoms with Crippen LogP contribution in [0.15, 0.2) is 24.0 Å². The second-order valence-corrected chi connectivity index (χ2v) is 3.97. The summed E-state index contributed by atoms with van der Waals surface area (Å²) in [4.78, 5) is 0. The van der Waals surface area contributed by atoms with E-state index in [1.807, 2.05) is 0 Å². The molecule has 0 unspecified atom stereocenters. The van der Waals surface area contributed by atoms with Crippen molar-refractivity contribution >= 4 is 0 Å². The van der Waals surface area contributed by atoms with E-state index in [1.165, 1.54) is 18.6 Å². The summed E-state index contributed by atoms with van der Waals surface area (Å²) in [7, 11) is 0. The minimum atomic E-state index is 0.627. The first kappa shape index (κ1) is 10.4. The molecule has 1 rings (SSSR count). The zero-order valence-electron chi connectivity index (χ0n) is 8.75. The number of rotatable bonds is 3. The summed E-state index contributed by atoms with van der Waals surface area (Å²) in [5.41, 5.74) is 0. The molecule has 0 amide bonds. The van der Waals surface area contributed by atoms with Crippen molar-refractivity contribution in [3.63, 3.8) is 0 Å². The Bertz CT molecular complexity index is 189. The van der Waals surface area contributed by atoms with Gasteiger partial charge in [-0.25, -0.2) is 0 Å². The normalized spacial score (nSPS) is 24.4. The standard InChI is InChI=1S/C12H20O/c1-11(2)10-13-12-8-6-4-3-5-7-9-12/h3-4,8,11H,5-7,9-10H2,1-2H3/b4-3-,12-8+. The van der Waals surface area contributed by atoms with E-state index in [9.17, 15) is 0 Å². The predicted octanol–water partition coefficient (Wildman–Crippen LogP) is 3.67. The lowest BCUT2D eigenvalue weighted by molar-refractivity contribution is 0.169. The first-order valence-electron chi connectivity index (χ1n) is 5.26. The molecule has 0 aromatic rings. The van der Waals surface area contributed by atoms with E-state index in [4.69, 9.17) is 4.74 Å². The summed E-state index contributed by atoms with van der Waals surface area (Å²) < 4.78 is 5.71. The lowest BCUT2D eigenvalue weighted by Crippen LogP contribution is -2.02. The fourth-order valence-corrected chi connectivity index (χ4v) is 1.31. The van der Waals surface area contributed by atoms with Crippen LogP contribution in [0.4, 0.5) is 0 Å². The van der Waals surface area contributed by atoms with E-state index in [0.717, 1.165) is 19.4 Å². The molecule has 0 bridgehead atoms. The van der Waals surface area contributed by atoms with Gasteiger partial charge in [0, 0.05) is 6.42 Å². The fraction of sp³-hybridized carbons (Fsp3) is 0.667. The summed E-state index contributed by atoms with van der Waals surface area (Å²) in [6, 6.07) is 0. The minimum absolute atomic E-state index is 0.627. The first-order valence-corrected chi connectivity index (χ1v) is 5.26. The second-order valence-electron chi connectivity index (χ2n) is 3.97. The molecule has 0 heterocycles. The lowest BCUT2D eigenvalue weighted by Gasteiger charge is -2.13. The Morgan fingerprint density at radius 1 is 1.38 bits per heavy atom. The summed E-state index contributed by atoms with van der Waals surface area (Å²) >= 11 is 0. The molecule has 0 spiro atoms. The highest BCUT2D eigenvalue weighted by atomic mass is 16.5. The van der Waals surface area contributed by atoms with Crippen LogP contribution in [-0.4, -0.2) is 6.61 Å². The van der Waals surface area contributed by atoms with Gasteiger partial charge < -0.3 is 4.74 Å². The summed E-state index contributed by atoms with van der Waals surface area (Å²) in [5, 5.41) is 0. The minimum Gasteiger partial charge on any atom is -0.498 e. The van der Waals surface area contributed by atoms with E-state index in [0.29, 0.717) is 5.92 Å². The molecule has 0 saturated heterocycles. The van der Waals surface area contributed by atoms with Crippen molar-refractivity contribution in [2.45, 2.75) is 39.5 Å². The molecule has 74 valence electrons. The molecular formula is C12H20O. The van der Waals surface area contributed by atoms with Gasteiger partial charge in [0.2, 0.25) is 0 Å². The maximum Gasteiger partial charge on any atom is 0.0923 e.